The van der Waals surface area contributed by atoms with E-state index in [0.717, 1.165) is 4.47 Å². The number of amides is 1. The summed E-state index contributed by atoms with van der Waals surface area (Å²) in [7, 11) is 0. The van der Waals surface area contributed by atoms with Gasteiger partial charge in [-0.25, -0.2) is 0 Å². The fraction of sp³-hybridized carbons (Fsp3) is 0.385. The molecule has 6 heteroatoms. The molecule has 2 unspecified atom stereocenters. The summed E-state index contributed by atoms with van der Waals surface area (Å²) in [6.07, 6.45) is 1.59. The molecule has 0 heterocycles. The number of carbonyl (C=O) groups is 2. The van der Waals surface area contributed by atoms with Crippen molar-refractivity contribution in [1.29, 1.82) is 0 Å². The Labute approximate surface area is 124 Å². The summed E-state index contributed by atoms with van der Waals surface area (Å²) in [6, 6.07) is 5.16. The molecule has 0 spiro atoms. The number of hydrogen-bond donors (Lipinski definition) is 2. The van der Waals surface area contributed by atoms with E-state index in [2.05, 4.69) is 21.2 Å². The Morgan fingerprint density at radius 2 is 2.00 bits per heavy atom. The van der Waals surface area contributed by atoms with Crippen LogP contribution in [-0.2, 0) is 9.59 Å². The average Bonchev–Trinajstić information content (AvgIpc) is 2.83. The maximum atomic E-state index is 12.0. The first-order valence-corrected chi connectivity index (χ1v) is 7.13. The molecular formula is C13H13BrClNO3. The van der Waals surface area contributed by atoms with Gasteiger partial charge in [0.25, 0.3) is 0 Å². The van der Waals surface area contributed by atoms with E-state index in [1.165, 1.54) is 0 Å². The fourth-order valence-electron chi connectivity index (χ4n) is 2.26. The predicted octanol–water partition coefficient (Wildman–Crippen LogP) is 3.54. The van der Waals surface area contributed by atoms with Gasteiger partial charge in [0.15, 0.2) is 0 Å². The zero-order valence-electron chi connectivity index (χ0n) is 10.0. The van der Waals surface area contributed by atoms with E-state index in [9.17, 15) is 9.59 Å². The molecule has 4 nitrogen and oxygen atoms in total. The topological polar surface area (TPSA) is 66.4 Å². The molecule has 0 radical (unpaired) electrons. The molecule has 102 valence electrons. The number of carboxylic acid groups (broad SMARTS) is 1. The first-order valence-electron chi connectivity index (χ1n) is 5.96. The predicted molar refractivity (Wildman–Crippen MR) is 76.2 cm³/mol. The van der Waals surface area contributed by atoms with Crippen molar-refractivity contribution in [2.45, 2.75) is 19.3 Å². The van der Waals surface area contributed by atoms with Crippen molar-refractivity contribution in [2.24, 2.45) is 11.8 Å². The highest BCUT2D eigenvalue weighted by atomic mass is 79.9. The second-order valence-corrected chi connectivity index (χ2v) is 5.92. The molecule has 0 aromatic heterocycles. The van der Waals surface area contributed by atoms with E-state index in [-0.39, 0.29) is 11.8 Å². The highest BCUT2D eigenvalue weighted by molar-refractivity contribution is 9.10. The number of aliphatic carboxylic acids is 1. The number of hydrogen-bond acceptors (Lipinski definition) is 2. The van der Waals surface area contributed by atoms with E-state index in [4.69, 9.17) is 16.7 Å². The van der Waals surface area contributed by atoms with Crippen LogP contribution in [0.5, 0.6) is 0 Å². The monoisotopic (exact) mass is 345 g/mol. The molecule has 19 heavy (non-hydrogen) atoms. The third-order valence-corrected chi connectivity index (χ3v) is 4.57. The van der Waals surface area contributed by atoms with Gasteiger partial charge in [-0.05, 0) is 53.4 Å². The van der Waals surface area contributed by atoms with Gasteiger partial charge in [0, 0.05) is 16.1 Å². The summed E-state index contributed by atoms with van der Waals surface area (Å²) in [6.45, 7) is 0. The first-order chi connectivity index (χ1) is 8.97. The van der Waals surface area contributed by atoms with E-state index in [1.54, 1.807) is 18.2 Å². The van der Waals surface area contributed by atoms with E-state index >= 15 is 0 Å². The number of anilines is 1. The Bertz CT molecular complexity index is 521. The second kappa shape index (κ2) is 5.92. The maximum Gasteiger partial charge on any atom is 0.306 e. The lowest BCUT2D eigenvalue weighted by Crippen LogP contribution is -2.21. The summed E-state index contributed by atoms with van der Waals surface area (Å²) < 4.78 is 0.763. The van der Waals surface area contributed by atoms with Gasteiger partial charge in [-0.15, -0.1) is 0 Å². The van der Waals surface area contributed by atoms with Crippen molar-refractivity contribution >= 4 is 45.1 Å². The largest absolute Gasteiger partial charge is 0.481 e. The molecule has 2 atom stereocenters. The number of carboxylic acids is 1. The maximum absolute atomic E-state index is 12.0. The van der Waals surface area contributed by atoms with Gasteiger partial charge >= 0.3 is 5.97 Å². The zero-order valence-corrected chi connectivity index (χ0v) is 12.4. The Morgan fingerprint density at radius 1 is 1.32 bits per heavy atom. The van der Waals surface area contributed by atoms with Gasteiger partial charge < -0.3 is 10.4 Å². The van der Waals surface area contributed by atoms with Gasteiger partial charge in [0.2, 0.25) is 5.91 Å². The molecule has 1 amide bonds. The molecule has 1 aliphatic carbocycles. The van der Waals surface area contributed by atoms with Crippen molar-refractivity contribution in [3.63, 3.8) is 0 Å². The molecule has 0 saturated heterocycles. The van der Waals surface area contributed by atoms with Crippen molar-refractivity contribution in [2.75, 3.05) is 5.32 Å². The normalized spacial score (nSPS) is 22.2. The molecule has 1 fully saturated rings. The summed E-state index contributed by atoms with van der Waals surface area (Å²) in [4.78, 5) is 22.9. The number of halogens is 2. The molecule has 1 aromatic rings. The molecular weight excluding hydrogens is 334 g/mol. The van der Waals surface area contributed by atoms with E-state index in [0.29, 0.717) is 30.0 Å². The van der Waals surface area contributed by atoms with Gasteiger partial charge in [0.05, 0.1) is 10.9 Å². The van der Waals surface area contributed by atoms with Crippen LogP contribution in [0.3, 0.4) is 0 Å². The van der Waals surface area contributed by atoms with Crippen molar-refractivity contribution in [3.8, 4) is 0 Å². The minimum Gasteiger partial charge on any atom is -0.481 e. The summed E-state index contributed by atoms with van der Waals surface area (Å²) in [5.41, 5.74) is 0.622. The van der Waals surface area contributed by atoms with Crippen LogP contribution in [0.4, 0.5) is 5.69 Å². The number of nitrogens with one attached hydrogen (secondary N) is 1. The number of benzene rings is 1. The number of carbonyl (C=O) groups excluding carboxylic acids is 1. The first kappa shape index (κ1) is 14.3. The summed E-state index contributed by atoms with van der Waals surface area (Å²) in [5, 5.41) is 12.2. The van der Waals surface area contributed by atoms with Crippen LogP contribution >= 0.6 is 27.5 Å². The molecule has 1 aliphatic rings. The minimum atomic E-state index is -0.818. The lowest BCUT2D eigenvalue weighted by Gasteiger charge is -2.11. The quantitative estimate of drug-likeness (QED) is 0.879. The van der Waals surface area contributed by atoms with Crippen LogP contribution in [0.1, 0.15) is 19.3 Å². The second-order valence-electron chi connectivity index (χ2n) is 4.66. The van der Waals surface area contributed by atoms with Gasteiger partial charge in [0.1, 0.15) is 0 Å². The van der Waals surface area contributed by atoms with Crippen LogP contribution in [0.25, 0.3) is 0 Å². The molecule has 0 aliphatic heterocycles. The SMILES string of the molecule is O=C(O)C1CCC(C(=O)Nc2ccc(Br)c(Cl)c2)C1. The Kier molecular flexibility index (Phi) is 4.47. The van der Waals surface area contributed by atoms with Gasteiger partial charge in [-0.3, -0.25) is 9.59 Å². The van der Waals surface area contributed by atoms with Crippen LogP contribution in [-0.4, -0.2) is 17.0 Å². The van der Waals surface area contributed by atoms with Crippen LogP contribution < -0.4 is 5.32 Å². The average molecular weight is 347 g/mol. The highest BCUT2D eigenvalue weighted by Gasteiger charge is 2.33. The smallest absolute Gasteiger partial charge is 0.306 e. The van der Waals surface area contributed by atoms with Crippen LogP contribution in [0.15, 0.2) is 22.7 Å². The van der Waals surface area contributed by atoms with Gasteiger partial charge in [-0.2, -0.15) is 0 Å². The zero-order chi connectivity index (χ0) is 14.0. The molecule has 2 rings (SSSR count). The molecule has 1 aromatic carbocycles. The van der Waals surface area contributed by atoms with Crippen molar-refractivity contribution in [3.05, 3.63) is 27.7 Å². The van der Waals surface area contributed by atoms with Crippen LogP contribution in [0.2, 0.25) is 5.02 Å². The van der Waals surface area contributed by atoms with Crippen LogP contribution in [0, 0.1) is 11.8 Å². The molecule has 0 bridgehead atoms. The highest BCUT2D eigenvalue weighted by Crippen LogP contribution is 2.32. The Balaban J connectivity index is 1.98. The lowest BCUT2D eigenvalue weighted by atomic mass is 10.0. The van der Waals surface area contributed by atoms with Gasteiger partial charge in [-0.1, -0.05) is 11.6 Å². The molecule has 2 N–H and O–H groups in total. The third-order valence-electron chi connectivity index (χ3n) is 3.34. The van der Waals surface area contributed by atoms with Crippen molar-refractivity contribution < 1.29 is 14.7 Å². The Hall–Kier alpha value is -1.07. The standard InChI is InChI=1S/C13H13BrClNO3/c14-10-4-3-9(6-11(10)15)16-12(17)7-1-2-8(5-7)13(18)19/h3-4,6-8H,1-2,5H2,(H,16,17)(H,18,19). The third kappa shape index (κ3) is 3.48. The van der Waals surface area contributed by atoms with E-state index in [1.807, 2.05) is 0 Å². The number of rotatable bonds is 3. The summed E-state index contributed by atoms with van der Waals surface area (Å²) in [5.74, 6) is -1.59. The fourth-order valence-corrected chi connectivity index (χ4v) is 2.69. The lowest BCUT2D eigenvalue weighted by molar-refractivity contribution is -0.141. The molecule has 1 saturated carbocycles. The Morgan fingerprint density at radius 3 is 2.58 bits per heavy atom. The minimum absolute atomic E-state index is 0.137. The summed E-state index contributed by atoms with van der Waals surface area (Å²) >= 11 is 9.22. The van der Waals surface area contributed by atoms with Crippen molar-refractivity contribution in [1.82, 2.24) is 0 Å². The van der Waals surface area contributed by atoms with E-state index < -0.39 is 11.9 Å².